The summed E-state index contributed by atoms with van der Waals surface area (Å²) in [6.45, 7) is 10.3. The minimum absolute atomic E-state index is 0. The molecule has 144 valence electrons. The Balaban J connectivity index is 0.00000312. The van der Waals surface area contributed by atoms with Crippen molar-refractivity contribution in [1.29, 1.82) is 0 Å². The van der Waals surface area contributed by atoms with Crippen molar-refractivity contribution in [2.75, 3.05) is 13.1 Å². The summed E-state index contributed by atoms with van der Waals surface area (Å²) < 4.78 is 5.33. The topological polar surface area (TPSA) is 82.7 Å². The number of aliphatic hydroxyl groups excluding tert-OH is 1. The van der Waals surface area contributed by atoms with Gasteiger partial charge in [0.25, 0.3) is 0 Å². The predicted octanol–water partition coefficient (Wildman–Crippen LogP) is 3.41. The lowest BCUT2D eigenvalue weighted by molar-refractivity contribution is 0.00397. The van der Waals surface area contributed by atoms with E-state index in [9.17, 15) is 5.11 Å². The largest absolute Gasteiger partial charge is 0.392 e. The van der Waals surface area contributed by atoms with Crippen LogP contribution < -0.4 is 10.6 Å². The molecule has 2 atom stereocenters. The number of hydrogen-bond acceptors (Lipinski definition) is 4. The summed E-state index contributed by atoms with van der Waals surface area (Å²) in [5.74, 6) is 1.87. The number of aliphatic hydroxyl groups is 1. The predicted molar refractivity (Wildman–Crippen MR) is 111 cm³/mol. The first kappa shape index (κ1) is 22.2. The standard InChI is InChI=1S/C18H32N4O2.HI/c1-5-19-17(20-11-14-10-15(13(2)3)22-24-14)21-12-18(4)9-7-6-8-16(18)23;/h10,13,16,23H,5-9,11-12H2,1-4H3,(H2,19,20,21);1H. The molecule has 6 nitrogen and oxygen atoms in total. The van der Waals surface area contributed by atoms with Crippen LogP contribution in [-0.4, -0.2) is 35.4 Å². The van der Waals surface area contributed by atoms with E-state index in [1.165, 1.54) is 6.42 Å². The highest BCUT2D eigenvalue weighted by Crippen LogP contribution is 2.35. The van der Waals surface area contributed by atoms with E-state index in [1.54, 1.807) is 0 Å². The summed E-state index contributed by atoms with van der Waals surface area (Å²) in [6, 6.07) is 1.96. The lowest BCUT2D eigenvalue weighted by atomic mass is 9.73. The number of hydrogen-bond donors (Lipinski definition) is 3. The van der Waals surface area contributed by atoms with E-state index < -0.39 is 0 Å². The summed E-state index contributed by atoms with van der Waals surface area (Å²) in [7, 11) is 0. The van der Waals surface area contributed by atoms with Gasteiger partial charge in [-0.2, -0.15) is 0 Å². The summed E-state index contributed by atoms with van der Waals surface area (Å²) in [5.41, 5.74) is 0.863. The Morgan fingerprint density at radius 1 is 1.44 bits per heavy atom. The molecule has 25 heavy (non-hydrogen) atoms. The lowest BCUT2D eigenvalue weighted by Gasteiger charge is -2.38. The van der Waals surface area contributed by atoms with E-state index in [0.29, 0.717) is 19.0 Å². The Labute approximate surface area is 168 Å². The maximum absolute atomic E-state index is 10.3. The molecular formula is C18H33IN4O2. The number of aliphatic imine (C=N–C) groups is 1. The van der Waals surface area contributed by atoms with E-state index in [-0.39, 0.29) is 35.5 Å². The van der Waals surface area contributed by atoms with Crippen LogP contribution in [0.4, 0.5) is 0 Å². The molecule has 0 radical (unpaired) electrons. The lowest BCUT2D eigenvalue weighted by Crippen LogP contribution is -2.48. The van der Waals surface area contributed by atoms with Crippen LogP contribution in [0.1, 0.15) is 70.8 Å². The molecule has 1 aliphatic carbocycles. The van der Waals surface area contributed by atoms with Crippen molar-refractivity contribution in [2.45, 2.75) is 71.9 Å². The van der Waals surface area contributed by atoms with Crippen molar-refractivity contribution in [1.82, 2.24) is 15.8 Å². The number of rotatable bonds is 6. The van der Waals surface area contributed by atoms with E-state index in [0.717, 1.165) is 43.2 Å². The van der Waals surface area contributed by atoms with Crippen LogP contribution >= 0.6 is 24.0 Å². The van der Waals surface area contributed by atoms with Crippen molar-refractivity contribution < 1.29 is 9.63 Å². The Bertz CT molecular complexity index is 547. The van der Waals surface area contributed by atoms with E-state index in [1.807, 2.05) is 13.0 Å². The highest BCUT2D eigenvalue weighted by molar-refractivity contribution is 14.0. The maximum Gasteiger partial charge on any atom is 0.191 e. The van der Waals surface area contributed by atoms with Crippen LogP contribution in [0.3, 0.4) is 0 Å². The molecule has 7 heteroatoms. The zero-order valence-electron chi connectivity index (χ0n) is 15.8. The number of aromatic nitrogens is 1. The quantitative estimate of drug-likeness (QED) is 0.342. The van der Waals surface area contributed by atoms with Gasteiger partial charge in [-0.05, 0) is 25.7 Å². The minimum Gasteiger partial charge on any atom is -0.392 e. The zero-order chi connectivity index (χ0) is 17.6. The average molecular weight is 464 g/mol. The summed E-state index contributed by atoms with van der Waals surface area (Å²) >= 11 is 0. The number of guanidine groups is 1. The van der Waals surface area contributed by atoms with Gasteiger partial charge in [0.2, 0.25) is 0 Å². The third kappa shape index (κ3) is 6.44. The van der Waals surface area contributed by atoms with Gasteiger partial charge in [-0.1, -0.05) is 38.8 Å². The molecule has 1 aliphatic rings. The molecule has 0 saturated heterocycles. The van der Waals surface area contributed by atoms with Crippen LogP contribution in [0.25, 0.3) is 0 Å². The van der Waals surface area contributed by atoms with Gasteiger partial charge >= 0.3 is 0 Å². The van der Waals surface area contributed by atoms with Gasteiger partial charge in [-0.3, -0.25) is 0 Å². The molecule has 1 heterocycles. The Kier molecular flexibility index (Phi) is 9.20. The minimum atomic E-state index is -0.246. The molecule has 2 rings (SSSR count). The van der Waals surface area contributed by atoms with Crippen molar-refractivity contribution >= 4 is 29.9 Å². The van der Waals surface area contributed by atoms with Gasteiger partial charge < -0.3 is 20.3 Å². The zero-order valence-corrected chi connectivity index (χ0v) is 18.2. The fraction of sp³-hybridized carbons (Fsp3) is 0.778. The van der Waals surface area contributed by atoms with Crippen LogP contribution in [0, 0.1) is 5.41 Å². The van der Waals surface area contributed by atoms with Gasteiger partial charge in [0.1, 0.15) is 6.54 Å². The third-order valence-corrected chi connectivity index (χ3v) is 4.85. The summed E-state index contributed by atoms with van der Waals surface area (Å²) in [6.07, 6.45) is 3.99. The first-order valence-corrected chi connectivity index (χ1v) is 9.10. The van der Waals surface area contributed by atoms with Gasteiger partial charge in [0.05, 0.1) is 11.8 Å². The SMILES string of the molecule is CCNC(=NCc1cc(C(C)C)no1)NCC1(C)CCCCC1O.I. The molecule has 1 saturated carbocycles. The first-order chi connectivity index (χ1) is 11.4. The fourth-order valence-electron chi connectivity index (χ4n) is 3.05. The van der Waals surface area contributed by atoms with E-state index >= 15 is 0 Å². The molecule has 1 aromatic heterocycles. The van der Waals surface area contributed by atoms with Gasteiger partial charge in [-0.15, -0.1) is 24.0 Å². The van der Waals surface area contributed by atoms with Gasteiger partial charge in [-0.25, -0.2) is 4.99 Å². The Morgan fingerprint density at radius 2 is 2.20 bits per heavy atom. The number of halogens is 1. The van der Waals surface area contributed by atoms with Crippen molar-refractivity contribution in [3.05, 3.63) is 17.5 Å². The molecule has 0 bridgehead atoms. The second-order valence-electron chi connectivity index (χ2n) is 7.34. The van der Waals surface area contributed by atoms with E-state index in [4.69, 9.17) is 4.52 Å². The molecule has 0 spiro atoms. The van der Waals surface area contributed by atoms with Crippen LogP contribution in [0.5, 0.6) is 0 Å². The third-order valence-electron chi connectivity index (χ3n) is 4.85. The second kappa shape index (κ2) is 10.4. The number of nitrogens with zero attached hydrogens (tertiary/aromatic N) is 2. The van der Waals surface area contributed by atoms with E-state index in [2.05, 4.69) is 41.6 Å². The second-order valence-corrected chi connectivity index (χ2v) is 7.34. The molecule has 1 aromatic rings. The van der Waals surface area contributed by atoms with Crippen molar-refractivity contribution in [3.8, 4) is 0 Å². The Hall–Kier alpha value is -0.830. The highest BCUT2D eigenvalue weighted by atomic mass is 127. The molecular weight excluding hydrogens is 431 g/mol. The van der Waals surface area contributed by atoms with Crippen LogP contribution in [0.15, 0.2) is 15.6 Å². The maximum atomic E-state index is 10.3. The molecule has 3 N–H and O–H groups in total. The van der Waals surface area contributed by atoms with Gasteiger partial charge in [0.15, 0.2) is 11.7 Å². The van der Waals surface area contributed by atoms with Crippen molar-refractivity contribution in [3.63, 3.8) is 0 Å². The van der Waals surface area contributed by atoms with Gasteiger partial charge in [0, 0.05) is 24.6 Å². The highest BCUT2D eigenvalue weighted by Gasteiger charge is 2.35. The normalized spacial score (nSPS) is 24.1. The number of nitrogens with one attached hydrogen (secondary N) is 2. The Morgan fingerprint density at radius 3 is 2.80 bits per heavy atom. The van der Waals surface area contributed by atoms with Crippen LogP contribution in [0.2, 0.25) is 0 Å². The van der Waals surface area contributed by atoms with Crippen molar-refractivity contribution in [2.24, 2.45) is 10.4 Å². The smallest absolute Gasteiger partial charge is 0.191 e. The fourth-order valence-corrected chi connectivity index (χ4v) is 3.05. The molecule has 0 aromatic carbocycles. The average Bonchev–Trinajstić information content (AvgIpc) is 3.02. The van der Waals surface area contributed by atoms with Crippen LogP contribution in [-0.2, 0) is 6.54 Å². The summed E-state index contributed by atoms with van der Waals surface area (Å²) in [4.78, 5) is 4.58. The molecule has 0 aliphatic heterocycles. The summed E-state index contributed by atoms with van der Waals surface area (Å²) in [5, 5.41) is 21.0. The monoisotopic (exact) mass is 464 g/mol. The molecule has 0 amide bonds. The molecule has 1 fully saturated rings. The first-order valence-electron chi connectivity index (χ1n) is 9.10. The molecule has 2 unspecified atom stereocenters.